The maximum absolute atomic E-state index is 10.6. The quantitative estimate of drug-likeness (QED) is 0.569. The first kappa shape index (κ1) is 21.4. The summed E-state index contributed by atoms with van der Waals surface area (Å²) in [6.45, 7) is 3.77. The minimum absolute atomic E-state index is 0.184. The van der Waals surface area contributed by atoms with Crippen LogP contribution in [0.2, 0.25) is 0 Å². The van der Waals surface area contributed by atoms with Crippen LogP contribution >= 0.6 is 0 Å². The molecule has 0 saturated carbocycles. The molecule has 0 spiro atoms. The van der Waals surface area contributed by atoms with Gasteiger partial charge in [-0.15, -0.1) is 0 Å². The van der Waals surface area contributed by atoms with Crippen LogP contribution in [0.25, 0.3) is 0 Å². The molecule has 0 radical (unpaired) electrons. The summed E-state index contributed by atoms with van der Waals surface area (Å²) in [5.41, 5.74) is 2.30. The Kier molecular flexibility index (Phi) is 10.2. The molecule has 0 heterocycles. The van der Waals surface area contributed by atoms with Crippen molar-refractivity contribution < 1.29 is 33.3 Å². The predicted molar refractivity (Wildman–Crippen MR) is 78.9 cm³/mol. The van der Waals surface area contributed by atoms with E-state index in [1.807, 2.05) is 18.2 Å². The lowest BCUT2D eigenvalue weighted by atomic mass is 10.0. The van der Waals surface area contributed by atoms with Gasteiger partial charge >= 0.3 is 12.1 Å². The van der Waals surface area contributed by atoms with Gasteiger partial charge in [-0.1, -0.05) is 31.2 Å². The summed E-state index contributed by atoms with van der Waals surface area (Å²) in [7, 11) is 0. The number of hydrogen-bond acceptors (Lipinski definition) is 4. The van der Waals surface area contributed by atoms with E-state index in [0.717, 1.165) is 25.1 Å². The van der Waals surface area contributed by atoms with E-state index in [9.17, 15) is 18.3 Å². The average Bonchev–Trinajstić information content (AvgIpc) is 2.48. The lowest BCUT2D eigenvalue weighted by Gasteiger charge is -2.12. The molecule has 1 rings (SSSR count). The number of hydrogen-bond donors (Lipinski definition) is 4. The minimum atomic E-state index is -5.08. The fourth-order valence-corrected chi connectivity index (χ4v) is 1.65. The summed E-state index contributed by atoms with van der Waals surface area (Å²) in [6.07, 6.45) is -4.12. The zero-order valence-electron chi connectivity index (χ0n) is 12.8. The Morgan fingerprint density at radius 3 is 2.22 bits per heavy atom. The molecule has 0 aromatic heterocycles. The average molecular weight is 337 g/mol. The number of alkyl halides is 3. The van der Waals surface area contributed by atoms with E-state index >= 15 is 0 Å². The molecule has 0 unspecified atom stereocenters. The highest BCUT2D eigenvalue weighted by atomic mass is 19.4. The normalized spacial score (nSPS) is 12.3. The van der Waals surface area contributed by atoms with E-state index in [-0.39, 0.29) is 6.61 Å². The summed E-state index contributed by atoms with van der Waals surface area (Å²) >= 11 is 0. The molecule has 1 atom stereocenters. The van der Waals surface area contributed by atoms with Crippen LogP contribution in [0.5, 0.6) is 0 Å². The van der Waals surface area contributed by atoms with Crippen LogP contribution in [0, 0.1) is 0 Å². The van der Waals surface area contributed by atoms with Crippen molar-refractivity contribution >= 4 is 5.97 Å². The van der Waals surface area contributed by atoms with E-state index in [0.29, 0.717) is 6.42 Å². The second-order valence-corrected chi connectivity index (χ2v) is 4.79. The lowest BCUT2D eigenvalue weighted by Crippen LogP contribution is -2.21. The molecule has 4 N–H and O–H groups in total. The summed E-state index contributed by atoms with van der Waals surface area (Å²) in [4.78, 5) is 8.90. The lowest BCUT2D eigenvalue weighted by molar-refractivity contribution is -0.192. The SMILES string of the molecule is CCCNCc1ccccc1C[C@@H](O)CO.O=C(O)C(F)(F)F. The van der Waals surface area contributed by atoms with Crippen molar-refractivity contribution in [1.29, 1.82) is 0 Å². The number of aliphatic carboxylic acids is 1. The molecule has 0 aliphatic heterocycles. The third-order valence-corrected chi connectivity index (χ3v) is 2.77. The first-order valence-corrected chi connectivity index (χ1v) is 7.08. The van der Waals surface area contributed by atoms with Gasteiger partial charge in [-0.3, -0.25) is 0 Å². The number of aliphatic hydroxyl groups excluding tert-OH is 2. The summed E-state index contributed by atoms with van der Waals surface area (Å²) < 4.78 is 31.7. The van der Waals surface area contributed by atoms with Gasteiger partial charge in [0.2, 0.25) is 0 Å². The van der Waals surface area contributed by atoms with Gasteiger partial charge in [0.25, 0.3) is 0 Å². The number of carboxylic acids is 1. The smallest absolute Gasteiger partial charge is 0.475 e. The Hall–Kier alpha value is -1.64. The van der Waals surface area contributed by atoms with Crippen LogP contribution in [-0.4, -0.2) is 46.7 Å². The molecular formula is C15H22F3NO4. The molecule has 0 saturated heterocycles. The van der Waals surface area contributed by atoms with E-state index in [1.165, 1.54) is 5.56 Å². The summed E-state index contributed by atoms with van der Waals surface area (Å²) in [5, 5.41) is 28.7. The monoisotopic (exact) mass is 337 g/mol. The molecule has 0 bridgehead atoms. The summed E-state index contributed by atoms with van der Waals surface area (Å²) in [6, 6.07) is 8.02. The van der Waals surface area contributed by atoms with Crippen LogP contribution in [0.15, 0.2) is 24.3 Å². The molecule has 0 amide bonds. The first-order chi connectivity index (χ1) is 10.7. The number of rotatable bonds is 7. The molecular weight excluding hydrogens is 315 g/mol. The van der Waals surface area contributed by atoms with Gasteiger partial charge in [0.15, 0.2) is 0 Å². The van der Waals surface area contributed by atoms with Crippen molar-refractivity contribution in [3.05, 3.63) is 35.4 Å². The second kappa shape index (κ2) is 11.0. The van der Waals surface area contributed by atoms with Crippen LogP contribution in [0.3, 0.4) is 0 Å². The van der Waals surface area contributed by atoms with Crippen LogP contribution < -0.4 is 5.32 Å². The van der Waals surface area contributed by atoms with E-state index in [1.54, 1.807) is 0 Å². The van der Waals surface area contributed by atoms with Gasteiger partial charge < -0.3 is 20.6 Å². The standard InChI is InChI=1S/C13H21NO2.C2HF3O2/c1-2-7-14-9-12-6-4-3-5-11(12)8-13(16)10-15;3-2(4,5)1(6)7/h3-6,13-16H,2,7-10H2,1H3;(H,6,7)/t13-;/m1./s1. The molecule has 132 valence electrons. The van der Waals surface area contributed by atoms with Crippen LogP contribution in [0.4, 0.5) is 13.2 Å². The Labute approximate surface area is 132 Å². The van der Waals surface area contributed by atoms with Crippen molar-refractivity contribution in [2.75, 3.05) is 13.2 Å². The van der Waals surface area contributed by atoms with Crippen molar-refractivity contribution in [2.45, 2.75) is 38.6 Å². The second-order valence-electron chi connectivity index (χ2n) is 4.79. The van der Waals surface area contributed by atoms with Gasteiger partial charge in [-0.25, -0.2) is 4.79 Å². The topological polar surface area (TPSA) is 89.8 Å². The third kappa shape index (κ3) is 9.88. The molecule has 5 nitrogen and oxygen atoms in total. The number of aliphatic hydroxyl groups is 2. The van der Waals surface area contributed by atoms with Gasteiger partial charge in [-0.05, 0) is 24.1 Å². The molecule has 1 aromatic rings. The van der Waals surface area contributed by atoms with E-state index in [4.69, 9.17) is 15.0 Å². The Balaban J connectivity index is 0.000000585. The number of carbonyl (C=O) groups is 1. The fourth-order valence-electron chi connectivity index (χ4n) is 1.65. The predicted octanol–water partition coefficient (Wildman–Crippen LogP) is 1.72. The van der Waals surface area contributed by atoms with Gasteiger partial charge in [0, 0.05) is 13.0 Å². The van der Waals surface area contributed by atoms with Crippen molar-refractivity contribution in [3.8, 4) is 0 Å². The molecule has 8 heteroatoms. The highest BCUT2D eigenvalue weighted by molar-refractivity contribution is 5.73. The van der Waals surface area contributed by atoms with E-state index in [2.05, 4.69) is 18.3 Å². The highest BCUT2D eigenvalue weighted by Gasteiger charge is 2.38. The molecule has 0 fully saturated rings. The van der Waals surface area contributed by atoms with Crippen molar-refractivity contribution in [3.63, 3.8) is 0 Å². The minimum Gasteiger partial charge on any atom is -0.475 e. The highest BCUT2D eigenvalue weighted by Crippen LogP contribution is 2.13. The van der Waals surface area contributed by atoms with Crippen molar-refractivity contribution in [1.82, 2.24) is 5.32 Å². The number of nitrogens with one attached hydrogen (secondary N) is 1. The molecule has 0 aliphatic carbocycles. The summed E-state index contributed by atoms with van der Waals surface area (Å²) in [5.74, 6) is -2.76. The molecule has 0 aliphatic rings. The maximum atomic E-state index is 10.6. The Bertz CT molecular complexity index is 466. The van der Waals surface area contributed by atoms with Gasteiger partial charge in [-0.2, -0.15) is 13.2 Å². The van der Waals surface area contributed by atoms with Crippen molar-refractivity contribution in [2.24, 2.45) is 0 Å². The number of halogens is 3. The fraction of sp³-hybridized carbons (Fsp3) is 0.533. The van der Waals surface area contributed by atoms with Gasteiger partial charge in [0.1, 0.15) is 0 Å². The van der Waals surface area contributed by atoms with E-state index < -0.39 is 18.2 Å². The maximum Gasteiger partial charge on any atom is 0.490 e. The zero-order chi connectivity index (χ0) is 17.9. The third-order valence-electron chi connectivity index (χ3n) is 2.77. The van der Waals surface area contributed by atoms with Gasteiger partial charge in [0.05, 0.1) is 12.7 Å². The number of carboxylic acid groups (broad SMARTS) is 1. The van der Waals surface area contributed by atoms with Crippen LogP contribution in [0.1, 0.15) is 24.5 Å². The van der Waals surface area contributed by atoms with Crippen LogP contribution in [-0.2, 0) is 17.8 Å². The molecule has 23 heavy (non-hydrogen) atoms. The molecule has 1 aromatic carbocycles. The Morgan fingerprint density at radius 1 is 1.26 bits per heavy atom. The zero-order valence-corrected chi connectivity index (χ0v) is 12.8. The number of benzene rings is 1. The first-order valence-electron chi connectivity index (χ1n) is 7.08. The Morgan fingerprint density at radius 2 is 1.78 bits per heavy atom. The largest absolute Gasteiger partial charge is 0.490 e.